The minimum absolute atomic E-state index is 0.443. The van der Waals surface area contributed by atoms with E-state index in [-0.39, 0.29) is 0 Å². The molecule has 0 unspecified atom stereocenters. The van der Waals surface area contributed by atoms with Gasteiger partial charge < -0.3 is 5.73 Å². The zero-order valence-electron chi connectivity index (χ0n) is 6.92. The smallest absolute Gasteiger partial charge is 0.248 e. The van der Waals surface area contributed by atoms with E-state index in [1.807, 2.05) is 19.9 Å². The van der Waals surface area contributed by atoms with Crippen LogP contribution in [0.25, 0.3) is 0 Å². The van der Waals surface area contributed by atoms with Gasteiger partial charge in [0.2, 0.25) is 5.91 Å². The van der Waals surface area contributed by atoms with Crippen LogP contribution in [-0.4, -0.2) is 5.91 Å². The lowest BCUT2D eigenvalue weighted by molar-refractivity contribution is -0.114. The maximum absolute atomic E-state index is 10.6. The molecule has 11 heavy (non-hydrogen) atoms. The molecule has 0 aromatic carbocycles. The molecule has 2 N–H and O–H groups in total. The molecule has 1 amide bonds. The monoisotopic (exact) mass is 151 g/mol. The maximum atomic E-state index is 10.6. The number of rotatable bonds is 3. The molecule has 0 aromatic heterocycles. The minimum atomic E-state index is -0.443. The summed E-state index contributed by atoms with van der Waals surface area (Å²) in [5, 5.41) is 0. The van der Waals surface area contributed by atoms with E-state index in [1.54, 1.807) is 6.08 Å². The molecule has 0 bridgehead atoms. The molecule has 60 valence electrons. The Hall–Kier alpha value is -1.31. The highest BCUT2D eigenvalue weighted by Gasteiger charge is 1.97. The highest BCUT2D eigenvalue weighted by atomic mass is 16.1. The van der Waals surface area contributed by atoms with Gasteiger partial charge in [-0.15, -0.1) is 0 Å². The van der Waals surface area contributed by atoms with E-state index in [0.717, 1.165) is 5.57 Å². The Balaban J connectivity index is 4.62. The summed E-state index contributed by atoms with van der Waals surface area (Å²) >= 11 is 0. The van der Waals surface area contributed by atoms with E-state index in [2.05, 4.69) is 6.58 Å². The fraction of sp³-hybridized carbons (Fsp3) is 0.222. The first kappa shape index (κ1) is 9.69. The molecule has 0 spiro atoms. The Morgan fingerprint density at radius 3 is 2.36 bits per heavy atom. The van der Waals surface area contributed by atoms with Crippen LogP contribution >= 0.6 is 0 Å². The molecular weight excluding hydrogens is 138 g/mol. The quantitative estimate of drug-likeness (QED) is 0.482. The minimum Gasteiger partial charge on any atom is -0.366 e. The number of hydrogen-bond acceptors (Lipinski definition) is 1. The highest BCUT2D eigenvalue weighted by molar-refractivity contribution is 5.95. The molecule has 0 aromatic rings. The van der Waals surface area contributed by atoms with Gasteiger partial charge in [-0.05, 0) is 19.9 Å². The molecule has 0 fully saturated rings. The third-order valence-electron chi connectivity index (χ3n) is 1.34. The van der Waals surface area contributed by atoms with Gasteiger partial charge in [0.05, 0.1) is 0 Å². The maximum Gasteiger partial charge on any atom is 0.248 e. The van der Waals surface area contributed by atoms with Gasteiger partial charge in [-0.2, -0.15) is 0 Å². The highest BCUT2D eigenvalue weighted by Crippen LogP contribution is 2.01. The van der Waals surface area contributed by atoms with Crippen LogP contribution in [0.2, 0.25) is 0 Å². The van der Waals surface area contributed by atoms with Crippen LogP contribution in [0.5, 0.6) is 0 Å². The van der Waals surface area contributed by atoms with E-state index in [0.29, 0.717) is 5.57 Å². The Morgan fingerprint density at radius 2 is 2.09 bits per heavy atom. The summed E-state index contributed by atoms with van der Waals surface area (Å²) in [6, 6.07) is 0. The summed E-state index contributed by atoms with van der Waals surface area (Å²) in [5.74, 6) is -0.443. The fourth-order valence-corrected chi connectivity index (χ4v) is 0.559. The van der Waals surface area contributed by atoms with Crippen LogP contribution in [0.1, 0.15) is 13.8 Å². The summed E-state index contributed by atoms with van der Waals surface area (Å²) in [7, 11) is 0. The third-order valence-corrected chi connectivity index (χ3v) is 1.34. The van der Waals surface area contributed by atoms with Crippen molar-refractivity contribution < 1.29 is 4.79 Å². The first-order valence-electron chi connectivity index (χ1n) is 3.38. The number of nitrogens with two attached hydrogens (primary N) is 1. The second-order valence-electron chi connectivity index (χ2n) is 2.20. The number of amides is 1. The van der Waals surface area contributed by atoms with Gasteiger partial charge in [-0.3, -0.25) is 4.79 Å². The number of carbonyl (C=O) groups is 1. The summed E-state index contributed by atoms with van der Waals surface area (Å²) in [5.41, 5.74) is 6.49. The lowest BCUT2D eigenvalue weighted by Gasteiger charge is -1.94. The van der Waals surface area contributed by atoms with Crippen LogP contribution in [0.4, 0.5) is 0 Å². The van der Waals surface area contributed by atoms with Crippen molar-refractivity contribution in [3.63, 3.8) is 0 Å². The van der Waals surface area contributed by atoms with Gasteiger partial charge in [0.15, 0.2) is 0 Å². The molecule has 2 nitrogen and oxygen atoms in total. The normalized spacial score (nSPS) is 12.9. The molecule has 0 rings (SSSR count). The largest absolute Gasteiger partial charge is 0.366 e. The molecule has 0 atom stereocenters. The molecule has 0 aliphatic heterocycles. The Bertz CT molecular complexity index is 224. The van der Waals surface area contributed by atoms with Crippen molar-refractivity contribution in [1.82, 2.24) is 0 Å². The fourth-order valence-electron chi connectivity index (χ4n) is 0.559. The zero-order valence-corrected chi connectivity index (χ0v) is 6.92. The average molecular weight is 151 g/mol. The van der Waals surface area contributed by atoms with Crippen molar-refractivity contribution in [2.75, 3.05) is 0 Å². The van der Waals surface area contributed by atoms with Crippen molar-refractivity contribution >= 4 is 5.91 Å². The standard InChI is InChI=1S/C9H13NO/c1-4-7(3)6-8(5-2)9(10)11/h4-6H,2H2,1,3H3,(H2,10,11)/b7-4-,8-6+. The second kappa shape index (κ2) is 4.50. The molecule has 0 heterocycles. The molecular formula is C9H13NO. The molecule has 0 aliphatic rings. The van der Waals surface area contributed by atoms with E-state index in [9.17, 15) is 4.79 Å². The number of carbonyl (C=O) groups excluding carboxylic acids is 1. The summed E-state index contributed by atoms with van der Waals surface area (Å²) in [6.07, 6.45) is 5.05. The number of primary amides is 1. The van der Waals surface area contributed by atoms with Gasteiger partial charge in [-0.25, -0.2) is 0 Å². The molecule has 2 heteroatoms. The molecule has 0 aliphatic carbocycles. The summed E-state index contributed by atoms with van der Waals surface area (Å²) in [4.78, 5) is 10.6. The molecule has 0 saturated heterocycles. The van der Waals surface area contributed by atoms with Gasteiger partial charge in [0.25, 0.3) is 0 Å². The first-order chi connectivity index (χ1) is 5.11. The van der Waals surface area contributed by atoms with Crippen LogP contribution in [0.15, 0.2) is 36.0 Å². The van der Waals surface area contributed by atoms with Crippen molar-refractivity contribution in [2.45, 2.75) is 13.8 Å². The van der Waals surface area contributed by atoms with Crippen LogP contribution in [-0.2, 0) is 4.79 Å². The Morgan fingerprint density at radius 1 is 1.55 bits per heavy atom. The van der Waals surface area contributed by atoms with Crippen molar-refractivity contribution in [3.05, 3.63) is 36.0 Å². The predicted molar refractivity (Wildman–Crippen MR) is 46.9 cm³/mol. The lowest BCUT2D eigenvalue weighted by Crippen LogP contribution is -2.12. The van der Waals surface area contributed by atoms with Crippen LogP contribution in [0.3, 0.4) is 0 Å². The summed E-state index contributed by atoms with van der Waals surface area (Å²) < 4.78 is 0. The van der Waals surface area contributed by atoms with Crippen LogP contribution in [0, 0.1) is 0 Å². The van der Waals surface area contributed by atoms with Crippen molar-refractivity contribution in [3.8, 4) is 0 Å². The second-order valence-corrected chi connectivity index (χ2v) is 2.20. The molecule has 0 saturated carbocycles. The number of allylic oxidation sites excluding steroid dienone is 3. The Kier molecular flexibility index (Phi) is 3.96. The zero-order chi connectivity index (χ0) is 8.85. The van der Waals surface area contributed by atoms with E-state index < -0.39 is 5.91 Å². The predicted octanol–water partition coefficient (Wildman–Crippen LogP) is 1.55. The summed E-state index contributed by atoms with van der Waals surface area (Å²) in [6.45, 7) is 7.26. The van der Waals surface area contributed by atoms with E-state index >= 15 is 0 Å². The van der Waals surface area contributed by atoms with Crippen molar-refractivity contribution in [2.24, 2.45) is 5.73 Å². The SMILES string of the molecule is C=C/C(=C\C(C)=C/C)C(N)=O. The molecule has 0 radical (unpaired) electrons. The van der Waals surface area contributed by atoms with E-state index in [1.165, 1.54) is 6.08 Å². The van der Waals surface area contributed by atoms with Crippen LogP contribution < -0.4 is 5.73 Å². The van der Waals surface area contributed by atoms with Gasteiger partial charge in [0, 0.05) is 5.57 Å². The van der Waals surface area contributed by atoms with Crippen molar-refractivity contribution in [1.29, 1.82) is 0 Å². The third kappa shape index (κ3) is 3.40. The topological polar surface area (TPSA) is 43.1 Å². The average Bonchev–Trinajstić information content (AvgIpc) is 1.99. The van der Waals surface area contributed by atoms with E-state index in [4.69, 9.17) is 5.73 Å². The number of hydrogen-bond donors (Lipinski definition) is 1. The Labute approximate surface area is 67.1 Å². The first-order valence-corrected chi connectivity index (χ1v) is 3.38. The van der Waals surface area contributed by atoms with Gasteiger partial charge in [0.1, 0.15) is 0 Å². The lowest BCUT2D eigenvalue weighted by atomic mass is 10.1. The van der Waals surface area contributed by atoms with Gasteiger partial charge in [-0.1, -0.05) is 24.3 Å². The van der Waals surface area contributed by atoms with Gasteiger partial charge >= 0.3 is 0 Å².